The van der Waals surface area contributed by atoms with Crippen molar-refractivity contribution in [3.8, 4) is 5.69 Å². The molecule has 1 aromatic carbocycles. The number of ether oxygens (including phenoxy) is 2. The first-order chi connectivity index (χ1) is 13.2. The van der Waals surface area contributed by atoms with Crippen molar-refractivity contribution in [3.05, 3.63) is 52.3 Å². The minimum atomic E-state index is -0.217. The summed E-state index contributed by atoms with van der Waals surface area (Å²) in [5.41, 5.74) is 1.47. The Morgan fingerprint density at radius 1 is 1.37 bits per heavy atom. The third kappa shape index (κ3) is 3.39. The van der Waals surface area contributed by atoms with Gasteiger partial charge in [-0.25, -0.2) is 9.67 Å². The van der Waals surface area contributed by atoms with E-state index in [0.29, 0.717) is 43.5 Å². The molecule has 0 aliphatic carbocycles. The van der Waals surface area contributed by atoms with E-state index in [2.05, 4.69) is 10.4 Å². The summed E-state index contributed by atoms with van der Waals surface area (Å²) in [5.74, 6) is 1.37. The van der Waals surface area contributed by atoms with Gasteiger partial charge in [0.15, 0.2) is 11.6 Å². The van der Waals surface area contributed by atoms with Crippen molar-refractivity contribution < 1.29 is 9.47 Å². The predicted molar refractivity (Wildman–Crippen MR) is 101 cm³/mol. The van der Waals surface area contributed by atoms with Crippen LogP contribution in [0.3, 0.4) is 0 Å². The maximum Gasteiger partial charge on any atom is 0.252 e. The number of nitrogens with zero attached hydrogens (tertiary/aromatic N) is 4. The molecule has 4 rings (SSSR count). The lowest BCUT2D eigenvalue weighted by Crippen LogP contribution is -2.34. The van der Waals surface area contributed by atoms with Crippen molar-refractivity contribution in [2.45, 2.75) is 12.5 Å². The topological polar surface area (TPSA) is 83.2 Å². The maximum absolute atomic E-state index is 12.5. The highest BCUT2D eigenvalue weighted by Crippen LogP contribution is 2.25. The summed E-state index contributed by atoms with van der Waals surface area (Å²) in [6.07, 6.45) is 0.379. The molecule has 1 N–H and O–H groups in total. The first-order valence-corrected chi connectivity index (χ1v) is 9.05. The number of hydrogen-bond acceptors (Lipinski definition) is 6. The SMILES string of the molecule is COCCc1nc([C@@H]2CNCCO2)n(-c2cc(=O)n(C)c3ccccc23)n1. The quantitative estimate of drug-likeness (QED) is 0.722. The molecule has 0 bridgehead atoms. The van der Waals surface area contributed by atoms with Crippen molar-refractivity contribution in [1.29, 1.82) is 0 Å². The number of hydrogen-bond donors (Lipinski definition) is 1. The van der Waals surface area contributed by atoms with Crippen LogP contribution < -0.4 is 10.9 Å². The second-order valence-electron chi connectivity index (χ2n) is 6.55. The fourth-order valence-electron chi connectivity index (χ4n) is 3.35. The largest absolute Gasteiger partial charge is 0.384 e. The molecule has 0 radical (unpaired) electrons. The smallest absolute Gasteiger partial charge is 0.252 e. The molecule has 0 unspecified atom stereocenters. The molecule has 8 heteroatoms. The Hall–Kier alpha value is -2.55. The molecular weight excluding hydrogens is 346 g/mol. The third-order valence-electron chi connectivity index (χ3n) is 4.78. The molecule has 1 aliphatic rings. The highest BCUT2D eigenvalue weighted by molar-refractivity contribution is 5.87. The van der Waals surface area contributed by atoms with Gasteiger partial charge >= 0.3 is 0 Å². The highest BCUT2D eigenvalue weighted by Gasteiger charge is 2.25. The lowest BCUT2D eigenvalue weighted by molar-refractivity contribution is 0.0208. The third-order valence-corrected chi connectivity index (χ3v) is 4.78. The minimum absolute atomic E-state index is 0.0914. The van der Waals surface area contributed by atoms with E-state index in [0.717, 1.165) is 17.4 Å². The number of morpholine rings is 1. The monoisotopic (exact) mass is 369 g/mol. The van der Waals surface area contributed by atoms with Crippen LogP contribution in [0.15, 0.2) is 35.1 Å². The Kier molecular flexibility index (Phi) is 5.02. The summed E-state index contributed by atoms with van der Waals surface area (Å²) in [6, 6.07) is 9.41. The molecule has 8 nitrogen and oxygen atoms in total. The second kappa shape index (κ2) is 7.59. The van der Waals surface area contributed by atoms with Crippen molar-refractivity contribution in [3.63, 3.8) is 0 Å². The zero-order chi connectivity index (χ0) is 18.8. The number of fused-ring (bicyclic) bond motifs is 1. The Morgan fingerprint density at radius 3 is 3.00 bits per heavy atom. The van der Waals surface area contributed by atoms with Gasteiger partial charge in [-0.1, -0.05) is 18.2 Å². The molecule has 3 aromatic rings. The van der Waals surface area contributed by atoms with Crippen LogP contribution in [0, 0.1) is 0 Å². The average Bonchev–Trinajstić information content (AvgIpc) is 3.14. The van der Waals surface area contributed by atoms with Crippen molar-refractivity contribution in [2.24, 2.45) is 7.05 Å². The summed E-state index contributed by atoms with van der Waals surface area (Å²) in [7, 11) is 3.43. The van der Waals surface area contributed by atoms with Crippen LogP contribution in [0.2, 0.25) is 0 Å². The standard InChI is InChI=1S/C19H23N5O3/c1-23-14-6-4-3-5-13(14)15(11-18(23)25)24-19(16-12-20-8-10-27-16)21-17(22-24)7-9-26-2/h3-6,11,16,20H,7-10,12H2,1-2H3/t16-/m0/s1. The van der Waals surface area contributed by atoms with Gasteiger partial charge in [-0.2, -0.15) is 5.10 Å². The molecule has 0 spiro atoms. The van der Waals surface area contributed by atoms with E-state index in [1.54, 1.807) is 29.5 Å². The van der Waals surface area contributed by atoms with E-state index < -0.39 is 0 Å². The van der Waals surface area contributed by atoms with Crippen LogP contribution in [0.25, 0.3) is 16.6 Å². The van der Waals surface area contributed by atoms with Crippen LogP contribution in [-0.2, 0) is 22.9 Å². The van der Waals surface area contributed by atoms with Gasteiger partial charge < -0.3 is 19.4 Å². The van der Waals surface area contributed by atoms with E-state index >= 15 is 0 Å². The van der Waals surface area contributed by atoms with E-state index in [1.165, 1.54) is 0 Å². The highest BCUT2D eigenvalue weighted by atomic mass is 16.5. The molecule has 1 atom stereocenters. The number of para-hydroxylation sites is 1. The van der Waals surface area contributed by atoms with Gasteiger partial charge in [0.25, 0.3) is 5.56 Å². The number of rotatable bonds is 5. The molecule has 1 saturated heterocycles. The first-order valence-electron chi connectivity index (χ1n) is 9.05. The molecule has 0 saturated carbocycles. The normalized spacial score (nSPS) is 17.5. The number of aromatic nitrogens is 4. The summed E-state index contributed by atoms with van der Waals surface area (Å²) in [4.78, 5) is 17.2. The fourth-order valence-corrected chi connectivity index (χ4v) is 3.35. The zero-order valence-electron chi connectivity index (χ0n) is 15.5. The van der Waals surface area contributed by atoms with E-state index in [1.807, 2.05) is 24.3 Å². The molecule has 2 aromatic heterocycles. The first kappa shape index (κ1) is 17.8. The maximum atomic E-state index is 12.5. The Morgan fingerprint density at radius 2 is 2.22 bits per heavy atom. The Labute approximate surface area is 156 Å². The Balaban J connectivity index is 1.90. The minimum Gasteiger partial charge on any atom is -0.384 e. The fraction of sp³-hybridized carbons (Fsp3) is 0.421. The summed E-state index contributed by atoms with van der Waals surface area (Å²) in [5, 5.41) is 8.95. The van der Waals surface area contributed by atoms with Crippen molar-refractivity contribution >= 4 is 10.9 Å². The summed E-state index contributed by atoms with van der Waals surface area (Å²) >= 11 is 0. The van der Waals surface area contributed by atoms with Gasteiger partial charge in [0, 0.05) is 45.1 Å². The molecule has 0 amide bonds. The lowest BCUT2D eigenvalue weighted by Gasteiger charge is -2.23. The van der Waals surface area contributed by atoms with E-state index in [-0.39, 0.29) is 11.7 Å². The van der Waals surface area contributed by atoms with Crippen LogP contribution in [0.4, 0.5) is 0 Å². The lowest BCUT2D eigenvalue weighted by atomic mass is 10.1. The Bertz CT molecular complexity index is 1000. The van der Waals surface area contributed by atoms with Gasteiger partial charge in [0.1, 0.15) is 6.10 Å². The predicted octanol–water partition coefficient (Wildman–Crippen LogP) is 0.969. The summed E-state index contributed by atoms with van der Waals surface area (Å²) in [6.45, 7) is 2.62. The van der Waals surface area contributed by atoms with Gasteiger partial charge in [0.05, 0.1) is 24.4 Å². The molecular formula is C19H23N5O3. The number of benzene rings is 1. The molecule has 1 fully saturated rings. The van der Waals surface area contributed by atoms with E-state index in [9.17, 15) is 4.79 Å². The van der Waals surface area contributed by atoms with Gasteiger partial charge in [-0.3, -0.25) is 4.79 Å². The van der Waals surface area contributed by atoms with E-state index in [4.69, 9.17) is 14.5 Å². The van der Waals surface area contributed by atoms with Crippen molar-refractivity contribution in [1.82, 2.24) is 24.6 Å². The average molecular weight is 369 g/mol. The number of methoxy groups -OCH3 is 1. The number of aryl methyl sites for hydroxylation is 1. The number of nitrogens with one attached hydrogen (secondary N) is 1. The number of pyridine rings is 1. The zero-order valence-corrected chi connectivity index (χ0v) is 15.5. The van der Waals surface area contributed by atoms with Crippen LogP contribution in [0.5, 0.6) is 0 Å². The van der Waals surface area contributed by atoms with Gasteiger partial charge in [0.2, 0.25) is 0 Å². The molecule has 27 heavy (non-hydrogen) atoms. The second-order valence-corrected chi connectivity index (χ2v) is 6.55. The van der Waals surface area contributed by atoms with Gasteiger partial charge in [-0.05, 0) is 6.07 Å². The molecule has 142 valence electrons. The molecule has 3 heterocycles. The van der Waals surface area contributed by atoms with Gasteiger partial charge in [-0.15, -0.1) is 0 Å². The van der Waals surface area contributed by atoms with Crippen LogP contribution in [-0.4, -0.2) is 52.7 Å². The van der Waals surface area contributed by atoms with Crippen LogP contribution in [0.1, 0.15) is 17.8 Å². The molecule has 1 aliphatic heterocycles. The summed E-state index contributed by atoms with van der Waals surface area (Å²) < 4.78 is 14.5. The van der Waals surface area contributed by atoms with Crippen molar-refractivity contribution in [2.75, 3.05) is 33.4 Å². The van der Waals surface area contributed by atoms with Crippen LogP contribution >= 0.6 is 0 Å².